The van der Waals surface area contributed by atoms with Gasteiger partial charge < -0.3 is 13.8 Å². The molecule has 33 heavy (non-hydrogen) atoms. The van der Waals surface area contributed by atoms with Crippen LogP contribution in [-0.2, 0) is 17.8 Å². The molecule has 0 aliphatic carbocycles. The highest BCUT2D eigenvalue weighted by Gasteiger charge is 2.23. The van der Waals surface area contributed by atoms with Gasteiger partial charge in [-0.2, -0.15) is 4.98 Å². The monoisotopic (exact) mass is 467 g/mol. The van der Waals surface area contributed by atoms with E-state index < -0.39 is 0 Å². The summed E-state index contributed by atoms with van der Waals surface area (Å²) in [7, 11) is 0. The van der Waals surface area contributed by atoms with Gasteiger partial charge in [0.25, 0.3) is 0 Å². The van der Waals surface area contributed by atoms with Crippen molar-refractivity contribution in [3.8, 4) is 22.0 Å². The Kier molecular flexibility index (Phi) is 6.27. The number of carbonyl (C=O) groups excluding carboxylic acids is 1. The average molecular weight is 468 g/mol. The van der Waals surface area contributed by atoms with E-state index in [0.717, 1.165) is 23.5 Å². The van der Waals surface area contributed by atoms with Crippen molar-refractivity contribution in [1.29, 1.82) is 0 Å². The van der Waals surface area contributed by atoms with Crippen molar-refractivity contribution in [2.45, 2.75) is 19.4 Å². The SMILES string of the molecule is O=C(CCc1ncc(-c2ccc(F)cc2)o1)N1CCN(Cc2nc(-c3cccs3)no2)CC1. The van der Waals surface area contributed by atoms with Crippen LogP contribution in [0.2, 0.25) is 0 Å². The van der Waals surface area contributed by atoms with Gasteiger partial charge in [0.2, 0.25) is 17.6 Å². The molecule has 0 saturated carbocycles. The first-order valence-corrected chi connectivity index (χ1v) is 11.6. The second-order valence-electron chi connectivity index (χ2n) is 7.77. The van der Waals surface area contributed by atoms with Gasteiger partial charge in [-0.25, -0.2) is 9.37 Å². The molecule has 1 amide bonds. The minimum atomic E-state index is -0.301. The maximum absolute atomic E-state index is 13.1. The predicted octanol–water partition coefficient (Wildman–Crippen LogP) is 3.87. The van der Waals surface area contributed by atoms with Gasteiger partial charge in [0, 0.05) is 44.6 Å². The summed E-state index contributed by atoms with van der Waals surface area (Å²) in [6, 6.07) is 9.96. The number of carbonyl (C=O) groups is 1. The van der Waals surface area contributed by atoms with Crippen molar-refractivity contribution in [2.24, 2.45) is 0 Å². The van der Waals surface area contributed by atoms with E-state index in [1.807, 2.05) is 22.4 Å². The van der Waals surface area contributed by atoms with Crippen molar-refractivity contribution in [3.05, 3.63) is 65.6 Å². The Bertz CT molecular complexity index is 1200. The lowest BCUT2D eigenvalue weighted by Gasteiger charge is -2.33. The van der Waals surface area contributed by atoms with Crippen LogP contribution in [0.25, 0.3) is 22.0 Å². The normalized spacial score (nSPS) is 14.6. The van der Waals surface area contributed by atoms with Crippen LogP contribution in [0.15, 0.2) is 56.9 Å². The number of hydrogen-bond donors (Lipinski definition) is 0. The lowest BCUT2D eigenvalue weighted by atomic mass is 10.2. The Balaban J connectivity index is 1.08. The molecule has 0 spiro atoms. The molecule has 1 aliphatic heterocycles. The van der Waals surface area contributed by atoms with E-state index in [2.05, 4.69) is 20.0 Å². The number of rotatable bonds is 7. The molecule has 0 unspecified atom stereocenters. The molecule has 170 valence electrons. The quantitative estimate of drug-likeness (QED) is 0.408. The number of aryl methyl sites for hydroxylation is 1. The Morgan fingerprint density at radius 1 is 1.09 bits per heavy atom. The molecular formula is C23H22FN5O3S. The van der Waals surface area contributed by atoms with Crippen LogP contribution in [0.3, 0.4) is 0 Å². The summed E-state index contributed by atoms with van der Waals surface area (Å²) in [6.45, 7) is 3.36. The predicted molar refractivity (Wildman–Crippen MR) is 120 cm³/mol. The molecule has 1 aliphatic rings. The average Bonchev–Trinajstić information content (AvgIpc) is 3.60. The Morgan fingerprint density at radius 2 is 1.91 bits per heavy atom. The van der Waals surface area contributed by atoms with E-state index in [-0.39, 0.29) is 11.7 Å². The lowest BCUT2D eigenvalue weighted by molar-refractivity contribution is -0.133. The molecular weight excluding hydrogens is 445 g/mol. The third-order valence-corrected chi connectivity index (χ3v) is 6.39. The van der Waals surface area contributed by atoms with Crippen LogP contribution in [-0.4, -0.2) is 57.0 Å². The summed E-state index contributed by atoms with van der Waals surface area (Å²) in [4.78, 5) is 26.4. The Morgan fingerprint density at radius 3 is 2.67 bits per heavy atom. The van der Waals surface area contributed by atoms with Crippen LogP contribution >= 0.6 is 11.3 Å². The first-order valence-electron chi connectivity index (χ1n) is 10.7. The topological polar surface area (TPSA) is 88.5 Å². The Labute approximate surface area is 193 Å². The highest BCUT2D eigenvalue weighted by atomic mass is 32.1. The summed E-state index contributed by atoms with van der Waals surface area (Å²) in [5.74, 6) is 2.04. The van der Waals surface area contributed by atoms with Crippen LogP contribution in [0.1, 0.15) is 18.2 Å². The van der Waals surface area contributed by atoms with Gasteiger partial charge in [0.05, 0.1) is 17.6 Å². The third kappa shape index (κ3) is 5.18. The van der Waals surface area contributed by atoms with Gasteiger partial charge in [0.1, 0.15) is 5.82 Å². The minimum absolute atomic E-state index is 0.0777. The summed E-state index contributed by atoms with van der Waals surface area (Å²) < 4.78 is 24.2. The maximum Gasteiger partial charge on any atom is 0.241 e. The molecule has 4 heterocycles. The number of oxazole rings is 1. The molecule has 4 aromatic rings. The summed E-state index contributed by atoms with van der Waals surface area (Å²) >= 11 is 1.57. The highest BCUT2D eigenvalue weighted by molar-refractivity contribution is 7.13. The van der Waals surface area contributed by atoms with E-state index in [1.165, 1.54) is 12.1 Å². The van der Waals surface area contributed by atoms with Crippen LogP contribution in [0.5, 0.6) is 0 Å². The van der Waals surface area contributed by atoms with Crippen LogP contribution < -0.4 is 0 Å². The molecule has 3 aromatic heterocycles. The summed E-state index contributed by atoms with van der Waals surface area (Å²) in [5, 5.41) is 6.03. The molecule has 0 atom stereocenters. The number of amides is 1. The number of halogens is 1. The van der Waals surface area contributed by atoms with Crippen molar-refractivity contribution in [3.63, 3.8) is 0 Å². The molecule has 0 N–H and O–H groups in total. The first-order chi connectivity index (χ1) is 16.1. The highest BCUT2D eigenvalue weighted by Crippen LogP contribution is 2.23. The van der Waals surface area contributed by atoms with Gasteiger partial charge in [-0.1, -0.05) is 11.2 Å². The summed E-state index contributed by atoms with van der Waals surface area (Å²) in [6.07, 6.45) is 2.36. The smallest absolute Gasteiger partial charge is 0.241 e. The summed E-state index contributed by atoms with van der Waals surface area (Å²) in [5.41, 5.74) is 0.751. The fraction of sp³-hybridized carbons (Fsp3) is 0.304. The second kappa shape index (κ2) is 9.63. The van der Waals surface area contributed by atoms with Gasteiger partial charge in [-0.05, 0) is 35.7 Å². The van der Waals surface area contributed by atoms with Crippen molar-refractivity contribution >= 4 is 17.2 Å². The van der Waals surface area contributed by atoms with E-state index in [9.17, 15) is 9.18 Å². The van der Waals surface area contributed by atoms with E-state index in [4.69, 9.17) is 8.94 Å². The van der Waals surface area contributed by atoms with Crippen molar-refractivity contribution < 1.29 is 18.1 Å². The fourth-order valence-corrected chi connectivity index (χ4v) is 4.37. The zero-order valence-electron chi connectivity index (χ0n) is 17.8. The van der Waals surface area contributed by atoms with Crippen molar-refractivity contribution in [1.82, 2.24) is 24.9 Å². The van der Waals surface area contributed by atoms with E-state index >= 15 is 0 Å². The van der Waals surface area contributed by atoms with Gasteiger partial charge in [0.15, 0.2) is 11.7 Å². The molecule has 0 bridgehead atoms. The molecule has 5 rings (SSSR count). The number of piperazine rings is 1. The molecule has 1 aromatic carbocycles. The zero-order chi connectivity index (χ0) is 22.6. The standard InChI is InChI=1S/C23H22FN5O3S/c24-17-5-3-16(4-6-17)18-14-25-20(31-18)7-8-22(30)29-11-9-28(10-12-29)15-21-26-23(27-32-21)19-2-1-13-33-19/h1-6,13-14H,7-12,15H2. The number of benzene rings is 1. The van der Waals surface area contributed by atoms with Gasteiger partial charge >= 0.3 is 0 Å². The molecule has 0 radical (unpaired) electrons. The molecule has 8 nitrogen and oxygen atoms in total. The number of thiophene rings is 1. The molecule has 1 saturated heterocycles. The molecule has 10 heteroatoms. The zero-order valence-corrected chi connectivity index (χ0v) is 18.6. The molecule has 1 fully saturated rings. The maximum atomic E-state index is 13.1. The first kappa shape index (κ1) is 21.5. The number of aromatic nitrogens is 3. The minimum Gasteiger partial charge on any atom is -0.441 e. The largest absolute Gasteiger partial charge is 0.441 e. The Hall–Kier alpha value is -3.37. The van der Waals surface area contributed by atoms with Gasteiger partial charge in [-0.3, -0.25) is 9.69 Å². The number of nitrogens with zero attached hydrogens (tertiary/aromatic N) is 5. The third-order valence-electron chi connectivity index (χ3n) is 5.53. The van der Waals surface area contributed by atoms with Crippen LogP contribution in [0.4, 0.5) is 4.39 Å². The van der Waals surface area contributed by atoms with Crippen LogP contribution in [0, 0.1) is 5.82 Å². The lowest BCUT2D eigenvalue weighted by Crippen LogP contribution is -2.48. The van der Waals surface area contributed by atoms with Gasteiger partial charge in [-0.15, -0.1) is 11.3 Å². The second-order valence-corrected chi connectivity index (χ2v) is 8.72. The van der Waals surface area contributed by atoms with Crippen molar-refractivity contribution in [2.75, 3.05) is 26.2 Å². The fourth-order valence-electron chi connectivity index (χ4n) is 3.72. The van der Waals surface area contributed by atoms with E-state index in [0.29, 0.717) is 55.8 Å². The van der Waals surface area contributed by atoms with E-state index in [1.54, 1.807) is 29.7 Å². The number of hydrogen-bond acceptors (Lipinski definition) is 8.